The Bertz CT molecular complexity index is 559. The van der Waals surface area contributed by atoms with Crippen LogP contribution in [0, 0.1) is 11.8 Å². The van der Waals surface area contributed by atoms with Crippen molar-refractivity contribution in [2.24, 2.45) is 17.6 Å². The van der Waals surface area contributed by atoms with E-state index in [4.69, 9.17) is 5.73 Å². The molecule has 1 aromatic carbocycles. The van der Waals surface area contributed by atoms with E-state index in [1.165, 1.54) is 30.2 Å². The van der Waals surface area contributed by atoms with Gasteiger partial charge in [-0.05, 0) is 55.2 Å². The van der Waals surface area contributed by atoms with Crippen molar-refractivity contribution in [3.63, 3.8) is 0 Å². The zero-order chi connectivity index (χ0) is 13.2. The second kappa shape index (κ2) is 5.30. The van der Waals surface area contributed by atoms with Crippen LogP contribution in [0.15, 0.2) is 36.5 Å². The molecule has 1 aliphatic rings. The smallest absolute Gasteiger partial charge is 0.0704 e. The minimum Gasteiger partial charge on any atom is -0.327 e. The molecule has 1 aromatic heterocycles. The van der Waals surface area contributed by atoms with Crippen LogP contribution >= 0.6 is 0 Å². The summed E-state index contributed by atoms with van der Waals surface area (Å²) in [5.41, 5.74) is 8.82. The SMILES string of the molecule is CC1CCC(N)C(Cc2ccnc3ccccc23)C1. The van der Waals surface area contributed by atoms with Gasteiger partial charge in [-0.3, -0.25) is 4.98 Å². The molecule has 3 unspecified atom stereocenters. The zero-order valence-electron chi connectivity index (χ0n) is 11.5. The molecule has 1 heterocycles. The maximum absolute atomic E-state index is 6.32. The third-order valence-electron chi connectivity index (χ3n) is 4.52. The molecule has 0 saturated heterocycles. The highest BCUT2D eigenvalue weighted by Gasteiger charge is 2.26. The van der Waals surface area contributed by atoms with E-state index in [0.717, 1.165) is 17.9 Å². The summed E-state index contributed by atoms with van der Waals surface area (Å²) in [4.78, 5) is 4.44. The number of hydrogen-bond acceptors (Lipinski definition) is 2. The summed E-state index contributed by atoms with van der Waals surface area (Å²) >= 11 is 0. The first kappa shape index (κ1) is 12.6. The lowest BCUT2D eigenvalue weighted by atomic mass is 9.76. The number of rotatable bonds is 2. The van der Waals surface area contributed by atoms with Crippen LogP contribution in [0.4, 0.5) is 0 Å². The van der Waals surface area contributed by atoms with Gasteiger partial charge in [0, 0.05) is 17.6 Å². The van der Waals surface area contributed by atoms with Crippen LogP contribution in [-0.4, -0.2) is 11.0 Å². The van der Waals surface area contributed by atoms with E-state index in [-0.39, 0.29) is 0 Å². The topological polar surface area (TPSA) is 38.9 Å². The molecule has 1 aliphatic carbocycles. The van der Waals surface area contributed by atoms with Gasteiger partial charge in [-0.15, -0.1) is 0 Å². The van der Waals surface area contributed by atoms with Gasteiger partial charge in [0.2, 0.25) is 0 Å². The van der Waals surface area contributed by atoms with Crippen molar-refractivity contribution < 1.29 is 0 Å². The molecule has 1 saturated carbocycles. The normalized spacial score (nSPS) is 27.6. The molecule has 100 valence electrons. The molecule has 0 radical (unpaired) electrons. The molecular weight excluding hydrogens is 232 g/mol. The monoisotopic (exact) mass is 254 g/mol. The van der Waals surface area contributed by atoms with Gasteiger partial charge in [-0.2, -0.15) is 0 Å². The third kappa shape index (κ3) is 2.64. The van der Waals surface area contributed by atoms with E-state index in [9.17, 15) is 0 Å². The van der Waals surface area contributed by atoms with Crippen LogP contribution in [0.3, 0.4) is 0 Å². The van der Waals surface area contributed by atoms with Gasteiger partial charge in [0.1, 0.15) is 0 Å². The van der Waals surface area contributed by atoms with Gasteiger partial charge >= 0.3 is 0 Å². The van der Waals surface area contributed by atoms with Crippen molar-refractivity contribution in [2.45, 2.75) is 38.6 Å². The number of nitrogens with two attached hydrogens (primary N) is 1. The number of aromatic nitrogens is 1. The quantitative estimate of drug-likeness (QED) is 0.890. The highest BCUT2D eigenvalue weighted by atomic mass is 14.7. The van der Waals surface area contributed by atoms with Gasteiger partial charge in [-0.25, -0.2) is 0 Å². The number of fused-ring (bicyclic) bond motifs is 1. The van der Waals surface area contributed by atoms with Crippen LogP contribution < -0.4 is 5.73 Å². The standard InChI is InChI=1S/C17H22N2/c1-12-6-7-16(18)14(10-12)11-13-8-9-19-17-5-3-2-4-15(13)17/h2-5,8-9,12,14,16H,6-7,10-11,18H2,1H3. The number of para-hydroxylation sites is 1. The average Bonchev–Trinajstić information content (AvgIpc) is 2.43. The first-order valence-electron chi connectivity index (χ1n) is 7.32. The van der Waals surface area contributed by atoms with E-state index in [2.05, 4.69) is 36.2 Å². The number of hydrogen-bond donors (Lipinski definition) is 1. The fraction of sp³-hybridized carbons (Fsp3) is 0.471. The van der Waals surface area contributed by atoms with E-state index in [1.807, 2.05) is 12.3 Å². The van der Waals surface area contributed by atoms with Crippen LogP contribution in [0.2, 0.25) is 0 Å². The maximum atomic E-state index is 6.32. The molecule has 1 fully saturated rings. The Labute approximate surface area is 115 Å². The minimum atomic E-state index is 0.364. The summed E-state index contributed by atoms with van der Waals surface area (Å²) < 4.78 is 0. The van der Waals surface area contributed by atoms with Crippen molar-refractivity contribution in [2.75, 3.05) is 0 Å². The van der Waals surface area contributed by atoms with Crippen molar-refractivity contribution in [3.05, 3.63) is 42.1 Å². The Morgan fingerprint density at radius 3 is 2.95 bits per heavy atom. The van der Waals surface area contributed by atoms with Gasteiger partial charge in [-0.1, -0.05) is 25.1 Å². The van der Waals surface area contributed by atoms with Crippen molar-refractivity contribution >= 4 is 10.9 Å². The van der Waals surface area contributed by atoms with Crippen molar-refractivity contribution in [1.82, 2.24) is 4.98 Å². The Morgan fingerprint density at radius 1 is 1.21 bits per heavy atom. The molecule has 2 heteroatoms. The molecule has 2 aromatic rings. The predicted octanol–water partition coefficient (Wildman–Crippen LogP) is 3.54. The van der Waals surface area contributed by atoms with Gasteiger partial charge < -0.3 is 5.73 Å². The van der Waals surface area contributed by atoms with Crippen molar-refractivity contribution in [3.8, 4) is 0 Å². The molecule has 19 heavy (non-hydrogen) atoms. The predicted molar refractivity (Wildman–Crippen MR) is 79.9 cm³/mol. The largest absolute Gasteiger partial charge is 0.327 e. The molecule has 0 bridgehead atoms. The van der Waals surface area contributed by atoms with Crippen LogP contribution in [0.1, 0.15) is 31.7 Å². The number of nitrogens with zero attached hydrogens (tertiary/aromatic N) is 1. The maximum Gasteiger partial charge on any atom is 0.0704 e. The molecular formula is C17H22N2. The van der Waals surface area contributed by atoms with E-state index in [1.54, 1.807) is 0 Å². The van der Waals surface area contributed by atoms with Crippen LogP contribution in [-0.2, 0) is 6.42 Å². The lowest BCUT2D eigenvalue weighted by Gasteiger charge is -2.32. The summed E-state index contributed by atoms with van der Waals surface area (Å²) in [6, 6.07) is 10.9. The summed E-state index contributed by atoms with van der Waals surface area (Å²) in [6.07, 6.45) is 6.74. The summed E-state index contributed by atoms with van der Waals surface area (Å²) in [7, 11) is 0. The lowest BCUT2D eigenvalue weighted by molar-refractivity contribution is 0.245. The summed E-state index contributed by atoms with van der Waals surface area (Å²) in [6.45, 7) is 2.35. The highest BCUT2D eigenvalue weighted by molar-refractivity contribution is 5.81. The molecule has 3 atom stereocenters. The molecule has 0 aliphatic heterocycles. The van der Waals surface area contributed by atoms with Gasteiger partial charge in [0.05, 0.1) is 5.52 Å². The van der Waals surface area contributed by atoms with Gasteiger partial charge in [0.25, 0.3) is 0 Å². The third-order valence-corrected chi connectivity index (χ3v) is 4.52. The fourth-order valence-corrected chi connectivity index (χ4v) is 3.37. The molecule has 0 amide bonds. The molecule has 2 nitrogen and oxygen atoms in total. The number of pyridine rings is 1. The molecule has 3 rings (SSSR count). The van der Waals surface area contributed by atoms with Crippen molar-refractivity contribution in [1.29, 1.82) is 0 Å². The molecule has 0 spiro atoms. The summed E-state index contributed by atoms with van der Waals surface area (Å²) in [5.74, 6) is 1.44. The second-order valence-electron chi connectivity index (χ2n) is 6.03. The van der Waals surface area contributed by atoms with Crippen LogP contribution in [0.5, 0.6) is 0 Å². The Kier molecular flexibility index (Phi) is 3.52. The lowest BCUT2D eigenvalue weighted by Crippen LogP contribution is -2.36. The minimum absolute atomic E-state index is 0.364. The molecule has 2 N–H and O–H groups in total. The second-order valence-corrected chi connectivity index (χ2v) is 6.03. The first-order valence-corrected chi connectivity index (χ1v) is 7.32. The number of benzene rings is 1. The van der Waals surface area contributed by atoms with E-state index in [0.29, 0.717) is 12.0 Å². The average molecular weight is 254 g/mol. The fourth-order valence-electron chi connectivity index (χ4n) is 3.37. The summed E-state index contributed by atoms with van der Waals surface area (Å²) in [5, 5.41) is 1.29. The van der Waals surface area contributed by atoms with E-state index >= 15 is 0 Å². The van der Waals surface area contributed by atoms with E-state index < -0.39 is 0 Å². The van der Waals surface area contributed by atoms with Crippen LogP contribution in [0.25, 0.3) is 10.9 Å². The Balaban J connectivity index is 1.88. The zero-order valence-corrected chi connectivity index (χ0v) is 11.5. The highest BCUT2D eigenvalue weighted by Crippen LogP contribution is 2.31. The Hall–Kier alpha value is -1.41. The first-order chi connectivity index (χ1) is 9.24. The Morgan fingerprint density at radius 2 is 2.05 bits per heavy atom. The van der Waals surface area contributed by atoms with Gasteiger partial charge in [0.15, 0.2) is 0 Å².